The Balaban J connectivity index is 1.98. The summed E-state index contributed by atoms with van der Waals surface area (Å²) in [6.07, 6.45) is 0. The zero-order chi connectivity index (χ0) is 13.0. The van der Waals surface area contributed by atoms with E-state index in [4.69, 9.17) is 23.8 Å². The summed E-state index contributed by atoms with van der Waals surface area (Å²) >= 11 is 12.4. The number of hydrogen-bond acceptors (Lipinski definition) is 3. The van der Waals surface area contributed by atoms with Gasteiger partial charge in [0.05, 0.1) is 15.6 Å². The van der Waals surface area contributed by atoms with Crippen LogP contribution in [0.5, 0.6) is 0 Å². The Morgan fingerprint density at radius 1 is 1.22 bits per heavy atom. The number of carbonyl (C=O) groups is 1. The van der Waals surface area contributed by atoms with Gasteiger partial charge in [0.2, 0.25) is 0 Å². The maximum Gasteiger partial charge on any atom is 0.267 e. The predicted octanol–water partition coefficient (Wildman–Crippen LogP) is 3.53. The van der Waals surface area contributed by atoms with E-state index in [1.165, 1.54) is 11.3 Å². The number of halogens is 1. The van der Waals surface area contributed by atoms with Gasteiger partial charge in [0.25, 0.3) is 5.91 Å². The van der Waals surface area contributed by atoms with Gasteiger partial charge in [-0.2, -0.15) is 0 Å². The van der Waals surface area contributed by atoms with Crippen LogP contribution in [0.1, 0.15) is 9.67 Å². The highest BCUT2D eigenvalue weighted by Crippen LogP contribution is 2.20. The van der Waals surface area contributed by atoms with Crippen molar-refractivity contribution in [2.75, 3.05) is 5.32 Å². The SMILES string of the molecule is O=C(NC(=S)Nc1ccccc1Cl)c1cccs1. The molecule has 2 aromatic rings. The van der Waals surface area contributed by atoms with Crippen LogP contribution in [0.15, 0.2) is 41.8 Å². The lowest BCUT2D eigenvalue weighted by atomic mass is 10.3. The Morgan fingerprint density at radius 3 is 2.67 bits per heavy atom. The molecule has 2 rings (SSSR count). The lowest BCUT2D eigenvalue weighted by Gasteiger charge is -2.09. The number of thiophene rings is 1. The van der Waals surface area contributed by atoms with E-state index < -0.39 is 0 Å². The highest BCUT2D eigenvalue weighted by Gasteiger charge is 2.09. The van der Waals surface area contributed by atoms with E-state index in [1.54, 1.807) is 18.2 Å². The third-order valence-electron chi connectivity index (χ3n) is 2.09. The summed E-state index contributed by atoms with van der Waals surface area (Å²) < 4.78 is 0. The molecule has 0 aliphatic carbocycles. The average molecular weight is 297 g/mol. The van der Waals surface area contributed by atoms with Crippen LogP contribution >= 0.6 is 35.2 Å². The van der Waals surface area contributed by atoms with Crippen molar-refractivity contribution in [1.29, 1.82) is 0 Å². The molecule has 2 N–H and O–H groups in total. The first-order valence-electron chi connectivity index (χ1n) is 5.07. The van der Waals surface area contributed by atoms with E-state index >= 15 is 0 Å². The number of hydrogen-bond donors (Lipinski definition) is 2. The van der Waals surface area contributed by atoms with E-state index in [9.17, 15) is 4.79 Å². The second-order valence-corrected chi connectivity index (χ2v) is 5.13. The fourth-order valence-corrected chi connectivity index (χ4v) is 2.29. The first-order chi connectivity index (χ1) is 8.66. The quantitative estimate of drug-likeness (QED) is 0.833. The maximum absolute atomic E-state index is 11.7. The average Bonchev–Trinajstić information content (AvgIpc) is 2.85. The van der Waals surface area contributed by atoms with Crippen LogP contribution in [0.4, 0.5) is 5.69 Å². The van der Waals surface area contributed by atoms with Gasteiger partial charge >= 0.3 is 0 Å². The van der Waals surface area contributed by atoms with Crippen LogP contribution in [-0.4, -0.2) is 11.0 Å². The second-order valence-electron chi connectivity index (χ2n) is 3.37. The van der Waals surface area contributed by atoms with E-state index in [0.29, 0.717) is 15.6 Å². The Labute approximate surface area is 119 Å². The Morgan fingerprint density at radius 2 is 2.00 bits per heavy atom. The summed E-state index contributed by atoms with van der Waals surface area (Å²) in [5.74, 6) is -0.227. The fraction of sp³-hybridized carbons (Fsp3) is 0. The summed E-state index contributed by atoms with van der Waals surface area (Å²) in [6.45, 7) is 0. The van der Waals surface area contributed by atoms with Crippen LogP contribution < -0.4 is 10.6 Å². The molecule has 0 saturated carbocycles. The topological polar surface area (TPSA) is 41.1 Å². The van der Waals surface area contributed by atoms with Crippen molar-refractivity contribution >= 4 is 51.9 Å². The molecule has 0 aliphatic heterocycles. The highest BCUT2D eigenvalue weighted by molar-refractivity contribution is 7.80. The van der Waals surface area contributed by atoms with Crippen LogP contribution in [0.25, 0.3) is 0 Å². The third-order valence-corrected chi connectivity index (χ3v) is 3.50. The number of rotatable bonds is 2. The van der Waals surface area contributed by atoms with Crippen molar-refractivity contribution < 1.29 is 4.79 Å². The molecule has 92 valence electrons. The Hall–Kier alpha value is -1.43. The second kappa shape index (κ2) is 5.95. The van der Waals surface area contributed by atoms with Crippen molar-refractivity contribution in [2.45, 2.75) is 0 Å². The van der Waals surface area contributed by atoms with Gasteiger partial charge in [-0.05, 0) is 35.8 Å². The van der Waals surface area contributed by atoms with Crippen molar-refractivity contribution in [3.63, 3.8) is 0 Å². The maximum atomic E-state index is 11.7. The molecule has 0 fully saturated rings. The van der Waals surface area contributed by atoms with E-state index in [0.717, 1.165) is 0 Å². The van der Waals surface area contributed by atoms with Gasteiger partial charge < -0.3 is 5.32 Å². The molecule has 0 spiro atoms. The minimum Gasteiger partial charge on any atom is -0.331 e. The zero-order valence-corrected chi connectivity index (χ0v) is 11.5. The molecule has 0 radical (unpaired) electrons. The van der Waals surface area contributed by atoms with Crippen LogP contribution in [-0.2, 0) is 0 Å². The van der Waals surface area contributed by atoms with Crippen LogP contribution in [0.2, 0.25) is 5.02 Å². The van der Waals surface area contributed by atoms with Gasteiger partial charge in [-0.3, -0.25) is 10.1 Å². The molecule has 1 aromatic heterocycles. The fourth-order valence-electron chi connectivity index (χ4n) is 1.29. The first kappa shape index (κ1) is 13.0. The number of anilines is 1. The minimum absolute atomic E-state index is 0.224. The van der Waals surface area contributed by atoms with E-state index in [2.05, 4.69) is 10.6 Å². The molecule has 0 aliphatic rings. The smallest absolute Gasteiger partial charge is 0.267 e. The molecule has 1 amide bonds. The predicted molar refractivity (Wildman–Crippen MR) is 79.5 cm³/mol. The largest absolute Gasteiger partial charge is 0.331 e. The van der Waals surface area contributed by atoms with E-state index in [1.807, 2.05) is 23.6 Å². The van der Waals surface area contributed by atoms with Crippen molar-refractivity contribution in [3.05, 3.63) is 51.7 Å². The van der Waals surface area contributed by atoms with Gasteiger partial charge in [-0.1, -0.05) is 29.8 Å². The van der Waals surface area contributed by atoms with Gasteiger partial charge in [0, 0.05) is 0 Å². The standard InChI is InChI=1S/C12H9ClN2OS2/c13-8-4-1-2-5-9(8)14-12(17)15-11(16)10-6-3-7-18-10/h1-7H,(H2,14,15,16,17). The third kappa shape index (κ3) is 3.29. The van der Waals surface area contributed by atoms with Gasteiger partial charge in [0.15, 0.2) is 5.11 Å². The Kier molecular flexibility index (Phi) is 4.30. The molecule has 0 atom stereocenters. The summed E-state index contributed by atoms with van der Waals surface area (Å²) in [6, 6.07) is 10.7. The molecule has 0 saturated heterocycles. The Bertz CT molecular complexity index is 569. The summed E-state index contributed by atoms with van der Waals surface area (Å²) in [5.41, 5.74) is 0.663. The molecule has 0 unspecified atom stereocenters. The van der Waals surface area contributed by atoms with Crippen molar-refractivity contribution in [3.8, 4) is 0 Å². The molecule has 0 bridgehead atoms. The van der Waals surface area contributed by atoms with Gasteiger partial charge in [-0.25, -0.2) is 0 Å². The molecule has 1 heterocycles. The molecular weight excluding hydrogens is 288 g/mol. The normalized spacial score (nSPS) is 9.83. The number of nitrogens with one attached hydrogen (secondary N) is 2. The van der Waals surface area contributed by atoms with Crippen molar-refractivity contribution in [2.24, 2.45) is 0 Å². The monoisotopic (exact) mass is 296 g/mol. The van der Waals surface area contributed by atoms with Crippen LogP contribution in [0.3, 0.4) is 0 Å². The summed E-state index contributed by atoms with van der Waals surface area (Å²) in [7, 11) is 0. The number of carbonyl (C=O) groups excluding carboxylic acids is 1. The number of thiocarbonyl (C=S) groups is 1. The number of amides is 1. The summed E-state index contributed by atoms with van der Waals surface area (Å²) in [5, 5.41) is 8.07. The highest BCUT2D eigenvalue weighted by atomic mass is 35.5. The zero-order valence-electron chi connectivity index (χ0n) is 9.14. The number of para-hydroxylation sites is 1. The van der Waals surface area contributed by atoms with Crippen molar-refractivity contribution in [1.82, 2.24) is 5.32 Å². The number of benzene rings is 1. The first-order valence-corrected chi connectivity index (χ1v) is 6.74. The van der Waals surface area contributed by atoms with E-state index in [-0.39, 0.29) is 11.0 Å². The summed E-state index contributed by atoms with van der Waals surface area (Å²) in [4.78, 5) is 12.3. The van der Waals surface area contributed by atoms with Gasteiger partial charge in [-0.15, -0.1) is 11.3 Å². The molecule has 6 heteroatoms. The lowest BCUT2D eigenvalue weighted by Crippen LogP contribution is -2.33. The molecule has 1 aromatic carbocycles. The lowest BCUT2D eigenvalue weighted by molar-refractivity contribution is 0.0981. The van der Waals surface area contributed by atoms with Gasteiger partial charge in [0.1, 0.15) is 0 Å². The van der Waals surface area contributed by atoms with Crippen LogP contribution in [0, 0.1) is 0 Å². The molecular formula is C12H9ClN2OS2. The molecule has 3 nitrogen and oxygen atoms in total. The molecule has 18 heavy (non-hydrogen) atoms. The minimum atomic E-state index is -0.227.